The second-order valence-electron chi connectivity index (χ2n) is 5.92. The average molecular weight is 430 g/mol. The fourth-order valence-corrected chi connectivity index (χ4v) is 3.22. The van der Waals surface area contributed by atoms with E-state index in [0.717, 1.165) is 0 Å². The molecule has 3 aromatic rings. The van der Waals surface area contributed by atoms with Crippen molar-refractivity contribution in [2.45, 2.75) is 4.90 Å². The number of aromatic carboxylic acids is 2. The minimum atomic E-state index is -4.79. The van der Waals surface area contributed by atoms with Crippen molar-refractivity contribution in [3.63, 3.8) is 0 Å². The summed E-state index contributed by atoms with van der Waals surface area (Å²) in [4.78, 5) is 21.2. The monoisotopic (exact) mass is 430 g/mol. The summed E-state index contributed by atoms with van der Waals surface area (Å²) in [6.45, 7) is 0. The van der Waals surface area contributed by atoms with Crippen molar-refractivity contribution >= 4 is 22.1 Å². The summed E-state index contributed by atoms with van der Waals surface area (Å²) in [7, 11) is -4.79. The van der Waals surface area contributed by atoms with Gasteiger partial charge in [-0.3, -0.25) is 4.55 Å². The van der Waals surface area contributed by atoms with Gasteiger partial charge in [0.05, 0.1) is 11.1 Å². The van der Waals surface area contributed by atoms with Crippen molar-refractivity contribution in [2.75, 3.05) is 0 Å². The van der Waals surface area contributed by atoms with Gasteiger partial charge in [-0.2, -0.15) is 8.42 Å². The molecule has 0 aliphatic heterocycles. The first-order valence-corrected chi connectivity index (χ1v) is 9.72. The second kappa shape index (κ2) is 8.23. The number of hydrogen-bond donors (Lipinski definition) is 3. The lowest BCUT2D eigenvalue weighted by Crippen LogP contribution is -2.04. The van der Waals surface area contributed by atoms with Gasteiger partial charge < -0.3 is 19.7 Å². The average Bonchev–Trinajstić information content (AvgIpc) is 2.68. The minimum Gasteiger partial charge on any atom is -0.478 e. The van der Waals surface area contributed by atoms with Crippen molar-refractivity contribution in [3.8, 4) is 23.0 Å². The molecular weight excluding hydrogens is 416 g/mol. The zero-order chi connectivity index (χ0) is 21.9. The molecular formula is C20H14O9S. The third-order valence-electron chi connectivity index (χ3n) is 3.86. The third-order valence-corrected chi connectivity index (χ3v) is 4.78. The summed E-state index contributed by atoms with van der Waals surface area (Å²) in [5, 5.41) is 17.9. The number of ether oxygens (including phenoxy) is 2. The van der Waals surface area contributed by atoms with E-state index in [1.165, 1.54) is 66.7 Å². The van der Waals surface area contributed by atoms with Crippen LogP contribution >= 0.6 is 0 Å². The Bertz CT molecular complexity index is 1120. The SMILES string of the molecule is O=C(O)c1ccc(Oc2cccc(Oc3ccc(C(=O)O)cc3)c2S(=O)(=O)O)cc1. The van der Waals surface area contributed by atoms with Crippen LogP contribution in [0.25, 0.3) is 0 Å². The largest absolute Gasteiger partial charge is 0.478 e. The highest BCUT2D eigenvalue weighted by Crippen LogP contribution is 2.38. The highest BCUT2D eigenvalue weighted by molar-refractivity contribution is 7.86. The van der Waals surface area contributed by atoms with Gasteiger partial charge in [0.25, 0.3) is 0 Å². The first-order chi connectivity index (χ1) is 14.1. The van der Waals surface area contributed by atoms with Gasteiger partial charge in [-0.25, -0.2) is 9.59 Å². The van der Waals surface area contributed by atoms with Crippen molar-refractivity contribution in [1.82, 2.24) is 0 Å². The zero-order valence-corrected chi connectivity index (χ0v) is 15.9. The van der Waals surface area contributed by atoms with Crippen LogP contribution in [0.15, 0.2) is 71.6 Å². The molecule has 0 spiro atoms. The summed E-state index contributed by atoms with van der Waals surface area (Å²) >= 11 is 0. The van der Waals surface area contributed by atoms with Crippen molar-refractivity contribution in [2.24, 2.45) is 0 Å². The molecule has 3 rings (SSSR count). The van der Waals surface area contributed by atoms with Gasteiger partial charge in [-0.15, -0.1) is 0 Å². The van der Waals surface area contributed by atoms with E-state index in [1.807, 2.05) is 0 Å². The molecule has 10 heteroatoms. The van der Waals surface area contributed by atoms with Gasteiger partial charge in [0.1, 0.15) is 11.5 Å². The lowest BCUT2D eigenvalue weighted by molar-refractivity contribution is 0.0686. The van der Waals surface area contributed by atoms with Gasteiger partial charge in [0, 0.05) is 0 Å². The first-order valence-electron chi connectivity index (χ1n) is 8.28. The molecule has 9 nitrogen and oxygen atoms in total. The Morgan fingerprint density at radius 3 is 1.33 bits per heavy atom. The number of carboxylic acids is 2. The smallest absolute Gasteiger partial charge is 0.335 e. The van der Waals surface area contributed by atoms with Crippen molar-refractivity contribution in [3.05, 3.63) is 77.9 Å². The van der Waals surface area contributed by atoms with Crippen LogP contribution in [-0.4, -0.2) is 35.1 Å². The lowest BCUT2D eigenvalue weighted by Gasteiger charge is -2.14. The Morgan fingerprint density at radius 1 is 0.667 bits per heavy atom. The molecule has 0 saturated heterocycles. The van der Waals surface area contributed by atoms with E-state index in [4.69, 9.17) is 19.7 Å². The second-order valence-corrected chi connectivity index (χ2v) is 7.28. The van der Waals surface area contributed by atoms with Crippen LogP contribution in [0.5, 0.6) is 23.0 Å². The van der Waals surface area contributed by atoms with E-state index in [9.17, 15) is 22.6 Å². The van der Waals surface area contributed by atoms with Crippen LogP contribution in [0.4, 0.5) is 0 Å². The van der Waals surface area contributed by atoms with Crippen LogP contribution in [0.3, 0.4) is 0 Å². The standard InChI is InChI=1S/C20H14O9S/c21-19(22)12-4-8-14(9-5-12)28-16-2-1-3-17(18(16)30(25,26)27)29-15-10-6-13(7-11-15)20(23)24/h1-11H,(H,21,22)(H,23,24)(H,25,26,27). The summed E-state index contributed by atoms with van der Waals surface area (Å²) in [6.07, 6.45) is 0. The Kier molecular flexibility index (Phi) is 5.72. The molecule has 0 bridgehead atoms. The molecule has 0 aliphatic rings. The number of carbonyl (C=O) groups is 2. The van der Waals surface area contributed by atoms with E-state index < -0.39 is 27.0 Å². The number of benzene rings is 3. The quantitative estimate of drug-likeness (QED) is 0.474. The Hall–Kier alpha value is -3.89. The summed E-state index contributed by atoms with van der Waals surface area (Å²) in [5.74, 6) is -2.50. The molecule has 0 amide bonds. The van der Waals surface area contributed by atoms with E-state index in [0.29, 0.717) is 0 Å². The fraction of sp³-hybridized carbons (Fsp3) is 0. The van der Waals surface area contributed by atoms with Crippen LogP contribution in [-0.2, 0) is 10.1 Å². The predicted octanol–water partition coefficient (Wildman–Crippen LogP) is 3.91. The third kappa shape index (κ3) is 4.74. The first kappa shape index (κ1) is 20.8. The molecule has 0 aromatic heterocycles. The molecule has 154 valence electrons. The number of rotatable bonds is 7. The molecule has 3 aromatic carbocycles. The summed E-state index contributed by atoms with van der Waals surface area (Å²) < 4.78 is 44.7. The zero-order valence-electron chi connectivity index (χ0n) is 15.1. The molecule has 0 heterocycles. The summed E-state index contributed by atoms with van der Waals surface area (Å²) in [5.41, 5.74) is 0.0264. The van der Waals surface area contributed by atoms with E-state index >= 15 is 0 Å². The van der Waals surface area contributed by atoms with Crippen LogP contribution < -0.4 is 9.47 Å². The molecule has 0 radical (unpaired) electrons. The maximum absolute atomic E-state index is 12.0. The highest BCUT2D eigenvalue weighted by Gasteiger charge is 2.24. The van der Waals surface area contributed by atoms with E-state index in [1.54, 1.807) is 0 Å². The number of carboxylic acid groups (broad SMARTS) is 2. The van der Waals surface area contributed by atoms with Crippen LogP contribution in [0.2, 0.25) is 0 Å². The number of hydrogen-bond acceptors (Lipinski definition) is 6. The van der Waals surface area contributed by atoms with Crippen LogP contribution in [0, 0.1) is 0 Å². The van der Waals surface area contributed by atoms with Gasteiger partial charge in [0.15, 0.2) is 16.4 Å². The van der Waals surface area contributed by atoms with Crippen LogP contribution in [0.1, 0.15) is 20.7 Å². The minimum absolute atomic E-state index is 0.0132. The maximum Gasteiger partial charge on any atom is 0.335 e. The van der Waals surface area contributed by atoms with E-state index in [-0.39, 0.29) is 34.1 Å². The van der Waals surface area contributed by atoms with Crippen molar-refractivity contribution < 1.29 is 42.2 Å². The molecule has 30 heavy (non-hydrogen) atoms. The van der Waals surface area contributed by atoms with Gasteiger partial charge in [-0.1, -0.05) is 6.07 Å². The lowest BCUT2D eigenvalue weighted by atomic mass is 10.2. The normalized spacial score (nSPS) is 11.0. The van der Waals surface area contributed by atoms with Gasteiger partial charge in [-0.05, 0) is 60.7 Å². The fourth-order valence-electron chi connectivity index (χ4n) is 2.50. The molecule has 0 saturated carbocycles. The maximum atomic E-state index is 12.0. The van der Waals surface area contributed by atoms with Gasteiger partial charge in [0.2, 0.25) is 0 Å². The Morgan fingerprint density at radius 2 is 1.03 bits per heavy atom. The van der Waals surface area contributed by atoms with E-state index in [2.05, 4.69) is 0 Å². The topological polar surface area (TPSA) is 147 Å². The Labute approximate surface area is 170 Å². The van der Waals surface area contributed by atoms with Crippen molar-refractivity contribution in [1.29, 1.82) is 0 Å². The predicted molar refractivity (Wildman–Crippen MR) is 103 cm³/mol. The molecule has 0 fully saturated rings. The summed E-state index contributed by atoms with van der Waals surface area (Å²) in [6, 6.07) is 14.4. The highest BCUT2D eigenvalue weighted by atomic mass is 32.2. The van der Waals surface area contributed by atoms with Gasteiger partial charge >= 0.3 is 22.1 Å². The molecule has 0 atom stereocenters. The molecule has 0 unspecified atom stereocenters. The Balaban J connectivity index is 1.97. The molecule has 0 aliphatic carbocycles. The molecule has 3 N–H and O–H groups in total.